The highest BCUT2D eigenvalue weighted by molar-refractivity contribution is 9.11. The number of hydrogen-bond donors (Lipinski definition) is 1. The second kappa shape index (κ2) is 6.69. The summed E-state index contributed by atoms with van der Waals surface area (Å²) in [6.07, 6.45) is 0. The molecule has 0 spiro atoms. The van der Waals surface area contributed by atoms with Gasteiger partial charge in [0.25, 0.3) is 5.91 Å². The molecule has 5 nitrogen and oxygen atoms in total. The van der Waals surface area contributed by atoms with Crippen molar-refractivity contribution in [2.45, 2.75) is 19.4 Å². The largest absolute Gasteiger partial charge is 0.465 e. The van der Waals surface area contributed by atoms with Gasteiger partial charge >= 0.3 is 5.97 Å². The van der Waals surface area contributed by atoms with Gasteiger partial charge in [-0.3, -0.25) is 4.79 Å². The van der Waals surface area contributed by atoms with E-state index in [0.717, 1.165) is 0 Å². The van der Waals surface area contributed by atoms with Crippen molar-refractivity contribution >= 4 is 49.4 Å². The fourth-order valence-electron chi connectivity index (χ4n) is 1.33. The molecule has 0 aliphatic heterocycles. The fourth-order valence-corrected chi connectivity index (χ4v) is 2.65. The predicted octanol–water partition coefficient (Wildman–Crippen LogP) is 3.36. The first-order valence-electron chi connectivity index (χ1n) is 5.67. The van der Waals surface area contributed by atoms with Crippen LogP contribution < -0.4 is 5.32 Å². The SMILES string of the molecule is COC(=O)c1cc(Br)cc(Br)c1NC(=O)C(C)(C)OC. The van der Waals surface area contributed by atoms with Crippen molar-refractivity contribution in [3.05, 3.63) is 26.6 Å². The van der Waals surface area contributed by atoms with Crippen molar-refractivity contribution in [3.63, 3.8) is 0 Å². The number of anilines is 1. The van der Waals surface area contributed by atoms with Gasteiger partial charge in [-0.1, -0.05) is 15.9 Å². The number of methoxy groups -OCH3 is 2. The average molecular weight is 409 g/mol. The summed E-state index contributed by atoms with van der Waals surface area (Å²) in [4.78, 5) is 23.9. The van der Waals surface area contributed by atoms with Gasteiger partial charge in [0.15, 0.2) is 0 Å². The Morgan fingerprint density at radius 1 is 1.20 bits per heavy atom. The standard InChI is InChI=1S/C13H15Br2NO4/c1-13(2,20-4)12(18)16-10-8(11(17)19-3)5-7(14)6-9(10)15/h5-6H,1-4H3,(H,16,18). The molecule has 0 saturated heterocycles. The van der Waals surface area contributed by atoms with Crippen LogP contribution in [0.2, 0.25) is 0 Å². The molecule has 1 amide bonds. The van der Waals surface area contributed by atoms with Gasteiger partial charge in [0.2, 0.25) is 0 Å². The molecule has 0 atom stereocenters. The monoisotopic (exact) mass is 407 g/mol. The van der Waals surface area contributed by atoms with E-state index in [9.17, 15) is 9.59 Å². The minimum atomic E-state index is -1.01. The van der Waals surface area contributed by atoms with Crippen LogP contribution in [-0.2, 0) is 14.3 Å². The van der Waals surface area contributed by atoms with Gasteiger partial charge in [0.05, 0.1) is 18.4 Å². The van der Waals surface area contributed by atoms with Crippen molar-refractivity contribution in [3.8, 4) is 0 Å². The van der Waals surface area contributed by atoms with Gasteiger partial charge in [-0.25, -0.2) is 4.79 Å². The van der Waals surface area contributed by atoms with E-state index < -0.39 is 11.6 Å². The first-order valence-corrected chi connectivity index (χ1v) is 7.25. The van der Waals surface area contributed by atoms with Gasteiger partial charge in [-0.05, 0) is 41.9 Å². The summed E-state index contributed by atoms with van der Waals surface area (Å²) in [5, 5.41) is 2.68. The van der Waals surface area contributed by atoms with Crippen LogP contribution in [0, 0.1) is 0 Å². The Morgan fingerprint density at radius 2 is 1.80 bits per heavy atom. The summed E-state index contributed by atoms with van der Waals surface area (Å²) < 4.78 is 11.1. The first-order chi connectivity index (χ1) is 9.22. The van der Waals surface area contributed by atoms with E-state index in [1.165, 1.54) is 14.2 Å². The van der Waals surface area contributed by atoms with Gasteiger partial charge in [-0.2, -0.15) is 0 Å². The molecule has 0 aliphatic carbocycles. The van der Waals surface area contributed by atoms with Crippen LogP contribution in [0.4, 0.5) is 5.69 Å². The lowest BCUT2D eigenvalue weighted by Crippen LogP contribution is -2.39. The molecular formula is C13H15Br2NO4. The van der Waals surface area contributed by atoms with Gasteiger partial charge in [0, 0.05) is 16.1 Å². The lowest BCUT2D eigenvalue weighted by Gasteiger charge is -2.23. The number of amides is 1. The second-order valence-corrected chi connectivity index (χ2v) is 6.24. The molecule has 7 heteroatoms. The van der Waals surface area contributed by atoms with Crippen molar-refractivity contribution in [1.29, 1.82) is 0 Å². The highest BCUT2D eigenvalue weighted by Crippen LogP contribution is 2.32. The number of carbonyl (C=O) groups excluding carboxylic acids is 2. The van der Waals surface area contributed by atoms with E-state index >= 15 is 0 Å². The number of hydrogen-bond acceptors (Lipinski definition) is 4. The Morgan fingerprint density at radius 3 is 2.30 bits per heavy atom. The number of ether oxygens (including phenoxy) is 2. The predicted molar refractivity (Wildman–Crippen MR) is 82.9 cm³/mol. The maximum atomic E-state index is 12.1. The van der Waals surface area contributed by atoms with Crippen molar-refractivity contribution in [2.75, 3.05) is 19.5 Å². The van der Waals surface area contributed by atoms with Gasteiger partial charge < -0.3 is 14.8 Å². The summed E-state index contributed by atoms with van der Waals surface area (Å²) in [7, 11) is 2.72. The van der Waals surface area contributed by atoms with Crippen LogP contribution in [0.5, 0.6) is 0 Å². The number of nitrogens with one attached hydrogen (secondary N) is 1. The molecule has 0 saturated carbocycles. The molecule has 1 N–H and O–H groups in total. The Labute approximate surface area is 134 Å². The number of benzene rings is 1. The topological polar surface area (TPSA) is 64.6 Å². The molecule has 1 rings (SSSR count). The third kappa shape index (κ3) is 3.80. The van der Waals surface area contributed by atoms with Crippen LogP contribution in [-0.4, -0.2) is 31.7 Å². The molecule has 0 unspecified atom stereocenters. The zero-order chi connectivity index (χ0) is 15.5. The summed E-state index contributed by atoms with van der Waals surface area (Å²) in [6.45, 7) is 3.26. The summed E-state index contributed by atoms with van der Waals surface area (Å²) >= 11 is 6.61. The van der Waals surface area contributed by atoms with E-state index in [0.29, 0.717) is 14.6 Å². The zero-order valence-corrected chi connectivity index (χ0v) is 14.7. The number of carbonyl (C=O) groups is 2. The molecule has 0 fully saturated rings. The van der Waals surface area contributed by atoms with E-state index in [2.05, 4.69) is 37.2 Å². The third-order valence-corrected chi connectivity index (χ3v) is 3.84. The molecule has 0 bridgehead atoms. The first kappa shape index (κ1) is 17.1. The molecule has 20 heavy (non-hydrogen) atoms. The summed E-state index contributed by atoms with van der Waals surface area (Å²) in [5.41, 5.74) is -0.427. The van der Waals surface area contributed by atoms with Crippen LogP contribution >= 0.6 is 31.9 Å². The molecule has 0 heterocycles. The van der Waals surface area contributed by atoms with Crippen LogP contribution in [0.25, 0.3) is 0 Å². The van der Waals surface area contributed by atoms with Gasteiger partial charge in [0.1, 0.15) is 5.60 Å². The van der Waals surface area contributed by atoms with E-state index in [-0.39, 0.29) is 11.5 Å². The molecule has 1 aromatic rings. The highest BCUT2D eigenvalue weighted by atomic mass is 79.9. The second-order valence-electron chi connectivity index (χ2n) is 4.47. The van der Waals surface area contributed by atoms with E-state index in [4.69, 9.17) is 9.47 Å². The number of esters is 1. The molecule has 0 radical (unpaired) electrons. The van der Waals surface area contributed by atoms with E-state index in [1.54, 1.807) is 26.0 Å². The average Bonchev–Trinajstić information content (AvgIpc) is 2.40. The number of halogens is 2. The minimum Gasteiger partial charge on any atom is -0.465 e. The van der Waals surface area contributed by atoms with Crippen LogP contribution in [0.15, 0.2) is 21.1 Å². The van der Waals surface area contributed by atoms with Gasteiger partial charge in [-0.15, -0.1) is 0 Å². The minimum absolute atomic E-state index is 0.244. The van der Waals surface area contributed by atoms with Crippen molar-refractivity contribution in [2.24, 2.45) is 0 Å². The molecule has 1 aromatic carbocycles. The maximum Gasteiger partial charge on any atom is 0.340 e. The van der Waals surface area contributed by atoms with Crippen LogP contribution in [0.3, 0.4) is 0 Å². The molecular weight excluding hydrogens is 394 g/mol. The molecule has 110 valence electrons. The Hall–Kier alpha value is -0.920. The van der Waals surface area contributed by atoms with Crippen LogP contribution in [0.1, 0.15) is 24.2 Å². The van der Waals surface area contributed by atoms with Crippen molar-refractivity contribution < 1.29 is 19.1 Å². The van der Waals surface area contributed by atoms with E-state index in [1.807, 2.05) is 0 Å². The Bertz CT molecular complexity index is 543. The lowest BCUT2D eigenvalue weighted by molar-refractivity contribution is -0.133. The zero-order valence-electron chi connectivity index (χ0n) is 11.5. The normalized spacial score (nSPS) is 11.1. The third-order valence-electron chi connectivity index (χ3n) is 2.76. The maximum absolute atomic E-state index is 12.1. The van der Waals surface area contributed by atoms with Crippen molar-refractivity contribution in [1.82, 2.24) is 0 Å². The summed E-state index contributed by atoms with van der Waals surface area (Å²) in [5.74, 6) is -0.911. The highest BCUT2D eigenvalue weighted by Gasteiger charge is 2.29. The Kier molecular flexibility index (Phi) is 5.73. The molecule has 0 aliphatic rings. The number of rotatable bonds is 4. The smallest absolute Gasteiger partial charge is 0.340 e. The molecule has 0 aromatic heterocycles. The quantitative estimate of drug-likeness (QED) is 0.775. The summed E-state index contributed by atoms with van der Waals surface area (Å²) in [6, 6.07) is 3.30. The Balaban J connectivity index is 3.24. The fraction of sp³-hybridized carbons (Fsp3) is 0.385. The lowest BCUT2D eigenvalue weighted by atomic mass is 10.1.